The van der Waals surface area contributed by atoms with E-state index in [9.17, 15) is 29.7 Å². The van der Waals surface area contributed by atoms with Crippen LogP contribution in [0.1, 0.15) is 27.5 Å². The second-order valence-electron chi connectivity index (χ2n) is 8.21. The number of rotatable bonds is 5. The van der Waals surface area contributed by atoms with Crippen molar-refractivity contribution in [2.24, 2.45) is 0 Å². The molecule has 37 heavy (non-hydrogen) atoms. The number of phenols is 1. The first kappa shape index (κ1) is 23.9. The summed E-state index contributed by atoms with van der Waals surface area (Å²) in [5.41, 5.74) is 1.10. The molecule has 4 N–H and O–H groups in total. The fraction of sp³-hybridized carbons (Fsp3) is 0.0769. The normalized spacial score (nSPS) is 16.9. The van der Waals surface area contributed by atoms with Crippen molar-refractivity contribution < 1.29 is 34.4 Å². The number of nitrogens with one attached hydrogen (secondary N) is 1. The molecule has 10 nitrogen and oxygen atoms in total. The van der Waals surface area contributed by atoms with Gasteiger partial charge in [-0.25, -0.2) is 9.78 Å². The number of imidazole rings is 1. The Kier molecular flexibility index (Phi) is 5.81. The van der Waals surface area contributed by atoms with E-state index in [1.54, 1.807) is 0 Å². The van der Waals surface area contributed by atoms with Gasteiger partial charge in [0.1, 0.15) is 17.3 Å². The molecule has 3 aromatic carbocycles. The molecule has 2 heterocycles. The topological polar surface area (TPSA) is 153 Å². The number of Topliss-reactive ketones (excluding diaryl/α,β-unsaturated/α-hetero) is 1. The standard InChI is InChI=1S/C26H18ClN3O7/c1-37-19-11-13(4-8-16(19)27)22(32)20-21(12-2-6-15(31)7-3-12)30(24(34)23(20)33)26-28-17-9-5-14(25(35)36)10-18(17)29-26/h2-11,21,31-32H,1H3,(H,28,29)(H,35,36)/b22-20+. The van der Waals surface area contributed by atoms with E-state index in [-0.39, 0.29) is 39.2 Å². The van der Waals surface area contributed by atoms with Crippen LogP contribution in [0.4, 0.5) is 5.95 Å². The van der Waals surface area contributed by atoms with Crippen molar-refractivity contribution in [2.45, 2.75) is 6.04 Å². The highest BCUT2D eigenvalue weighted by molar-refractivity contribution is 6.51. The summed E-state index contributed by atoms with van der Waals surface area (Å²) in [5.74, 6) is -3.32. The van der Waals surface area contributed by atoms with Gasteiger partial charge in [-0.05, 0) is 54.1 Å². The molecule has 1 unspecified atom stereocenters. The van der Waals surface area contributed by atoms with Crippen LogP contribution >= 0.6 is 11.6 Å². The lowest BCUT2D eigenvalue weighted by atomic mass is 9.95. The molecule has 11 heteroatoms. The molecule has 0 spiro atoms. The van der Waals surface area contributed by atoms with Gasteiger partial charge in [-0.1, -0.05) is 23.7 Å². The zero-order chi connectivity index (χ0) is 26.4. The summed E-state index contributed by atoms with van der Waals surface area (Å²) in [6.07, 6.45) is 0. The van der Waals surface area contributed by atoms with Crippen molar-refractivity contribution in [2.75, 3.05) is 12.0 Å². The van der Waals surface area contributed by atoms with E-state index in [1.165, 1.54) is 67.8 Å². The van der Waals surface area contributed by atoms with E-state index in [0.717, 1.165) is 4.90 Å². The largest absolute Gasteiger partial charge is 0.508 e. The average Bonchev–Trinajstić information content (AvgIpc) is 3.42. The second-order valence-corrected chi connectivity index (χ2v) is 8.61. The molecule has 1 fully saturated rings. The molecule has 186 valence electrons. The molecule has 1 aromatic heterocycles. The summed E-state index contributed by atoms with van der Waals surface area (Å²) in [6, 6.07) is 13.3. The monoisotopic (exact) mass is 519 g/mol. The number of aliphatic hydroxyl groups excluding tert-OH is 1. The number of carbonyl (C=O) groups is 3. The van der Waals surface area contributed by atoms with Gasteiger partial charge in [-0.15, -0.1) is 0 Å². The third-order valence-electron chi connectivity index (χ3n) is 6.02. The minimum Gasteiger partial charge on any atom is -0.508 e. The zero-order valence-corrected chi connectivity index (χ0v) is 19.9. The number of fused-ring (bicyclic) bond motifs is 1. The first-order chi connectivity index (χ1) is 17.7. The number of hydrogen-bond donors (Lipinski definition) is 4. The van der Waals surface area contributed by atoms with Crippen LogP contribution in [0.2, 0.25) is 5.02 Å². The number of aromatic hydroxyl groups is 1. The maximum atomic E-state index is 13.3. The van der Waals surface area contributed by atoms with Crippen LogP contribution < -0.4 is 9.64 Å². The molecule has 1 saturated heterocycles. The minimum atomic E-state index is -1.14. The van der Waals surface area contributed by atoms with Crippen LogP contribution in [0, 0.1) is 0 Å². The number of aromatic amines is 1. The van der Waals surface area contributed by atoms with E-state index in [2.05, 4.69) is 9.97 Å². The van der Waals surface area contributed by atoms with Crippen molar-refractivity contribution in [1.29, 1.82) is 0 Å². The highest BCUT2D eigenvalue weighted by Crippen LogP contribution is 2.42. The predicted molar refractivity (Wildman–Crippen MR) is 134 cm³/mol. The zero-order valence-electron chi connectivity index (χ0n) is 19.1. The quantitative estimate of drug-likeness (QED) is 0.173. The lowest BCUT2D eigenvalue weighted by molar-refractivity contribution is -0.132. The Morgan fingerprint density at radius 3 is 2.41 bits per heavy atom. The lowest BCUT2D eigenvalue weighted by Gasteiger charge is -2.23. The van der Waals surface area contributed by atoms with Crippen molar-refractivity contribution >= 4 is 52.0 Å². The number of nitrogens with zero attached hydrogens (tertiary/aromatic N) is 2. The molecule has 0 radical (unpaired) electrons. The third-order valence-corrected chi connectivity index (χ3v) is 6.33. The number of amides is 1. The SMILES string of the molecule is COc1cc(/C(O)=C2\C(=O)C(=O)N(c3nc4ccc(C(=O)O)cc4[nH]3)C2c2ccc(O)cc2)ccc1Cl. The van der Waals surface area contributed by atoms with E-state index in [0.29, 0.717) is 16.6 Å². The van der Waals surface area contributed by atoms with Gasteiger partial charge in [0.15, 0.2) is 0 Å². The van der Waals surface area contributed by atoms with Crippen LogP contribution in [-0.2, 0) is 9.59 Å². The van der Waals surface area contributed by atoms with E-state index in [1.807, 2.05) is 0 Å². The van der Waals surface area contributed by atoms with Gasteiger partial charge in [0, 0.05) is 5.56 Å². The molecule has 1 amide bonds. The lowest BCUT2D eigenvalue weighted by Crippen LogP contribution is -2.30. The van der Waals surface area contributed by atoms with E-state index in [4.69, 9.17) is 16.3 Å². The number of phenolic OH excluding ortho intramolecular Hbond substituents is 1. The van der Waals surface area contributed by atoms with E-state index < -0.39 is 29.5 Å². The van der Waals surface area contributed by atoms with Gasteiger partial charge in [0.25, 0.3) is 5.78 Å². The number of aliphatic hydroxyl groups is 1. The predicted octanol–water partition coefficient (Wildman–Crippen LogP) is 4.26. The second kappa shape index (κ2) is 8.99. The number of halogens is 1. The van der Waals surface area contributed by atoms with Crippen molar-refractivity contribution in [3.05, 3.63) is 87.9 Å². The van der Waals surface area contributed by atoms with Crippen molar-refractivity contribution in [3.63, 3.8) is 0 Å². The summed E-state index contributed by atoms with van der Waals surface area (Å²) in [6.45, 7) is 0. The Morgan fingerprint density at radius 2 is 1.73 bits per heavy atom. The summed E-state index contributed by atoms with van der Waals surface area (Å²) < 4.78 is 5.21. The van der Waals surface area contributed by atoms with Gasteiger partial charge in [-0.2, -0.15) is 0 Å². The molecular weight excluding hydrogens is 502 g/mol. The Hall–Kier alpha value is -4.83. The van der Waals surface area contributed by atoms with Crippen molar-refractivity contribution in [3.8, 4) is 11.5 Å². The first-order valence-electron chi connectivity index (χ1n) is 10.9. The molecule has 5 rings (SSSR count). The van der Waals surface area contributed by atoms with Crippen LogP contribution in [0.5, 0.6) is 11.5 Å². The fourth-order valence-electron chi connectivity index (χ4n) is 4.23. The number of methoxy groups -OCH3 is 1. The molecule has 4 aromatic rings. The summed E-state index contributed by atoms with van der Waals surface area (Å²) in [5, 5.41) is 30.6. The van der Waals surface area contributed by atoms with Gasteiger partial charge < -0.3 is 25.0 Å². The van der Waals surface area contributed by atoms with E-state index >= 15 is 0 Å². The Morgan fingerprint density at radius 1 is 1.03 bits per heavy atom. The highest BCUT2D eigenvalue weighted by atomic mass is 35.5. The van der Waals surface area contributed by atoms with Gasteiger partial charge in [0.05, 0.1) is 40.3 Å². The highest BCUT2D eigenvalue weighted by Gasteiger charge is 2.48. The Balaban J connectivity index is 1.71. The number of hydrogen-bond acceptors (Lipinski definition) is 7. The number of benzene rings is 3. The number of ketones is 1. The van der Waals surface area contributed by atoms with Crippen LogP contribution in [0.3, 0.4) is 0 Å². The molecule has 1 aliphatic rings. The maximum Gasteiger partial charge on any atom is 0.335 e. The summed E-state index contributed by atoms with van der Waals surface area (Å²) in [7, 11) is 1.40. The third kappa shape index (κ3) is 4.03. The Bertz CT molecular complexity index is 1630. The number of carboxylic acids is 1. The summed E-state index contributed by atoms with van der Waals surface area (Å²) in [4.78, 5) is 46.4. The number of H-pyrrole nitrogens is 1. The molecular formula is C26H18ClN3O7. The van der Waals surface area contributed by atoms with Crippen LogP contribution in [0.25, 0.3) is 16.8 Å². The smallest absolute Gasteiger partial charge is 0.335 e. The fourth-order valence-corrected chi connectivity index (χ4v) is 4.42. The van der Waals surface area contributed by atoms with Gasteiger partial charge >= 0.3 is 11.9 Å². The number of carboxylic acid groups (broad SMARTS) is 1. The van der Waals surface area contributed by atoms with Crippen LogP contribution in [-0.4, -0.2) is 50.1 Å². The van der Waals surface area contributed by atoms with Gasteiger partial charge in [0.2, 0.25) is 5.95 Å². The molecule has 0 saturated carbocycles. The molecule has 0 aliphatic carbocycles. The summed E-state index contributed by atoms with van der Waals surface area (Å²) >= 11 is 6.10. The number of aromatic nitrogens is 2. The van der Waals surface area contributed by atoms with Gasteiger partial charge in [-0.3, -0.25) is 14.5 Å². The molecule has 1 aliphatic heterocycles. The minimum absolute atomic E-state index is 0.0107. The number of carbonyl (C=O) groups excluding carboxylic acids is 2. The number of anilines is 1. The molecule has 0 bridgehead atoms. The molecule has 1 atom stereocenters. The Labute approximate surface area is 214 Å². The maximum absolute atomic E-state index is 13.3. The number of ether oxygens (including phenoxy) is 1. The van der Waals surface area contributed by atoms with Crippen LogP contribution in [0.15, 0.2) is 66.2 Å². The first-order valence-corrected chi connectivity index (χ1v) is 11.2. The number of aromatic carboxylic acids is 1. The van der Waals surface area contributed by atoms with Crippen molar-refractivity contribution in [1.82, 2.24) is 9.97 Å². The average molecular weight is 520 g/mol.